The summed E-state index contributed by atoms with van der Waals surface area (Å²) < 4.78 is 51.6. The van der Waals surface area contributed by atoms with Gasteiger partial charge in [0, 0.05) is 30.4 Å². The third kappa shape index (κ3) is 9.70. The molecular formula is C21H35N3O15P2S2. The Bertz CT molecular complexity index is 1320. The Balaban J connectivity index is 1.65. The molecule has 11 atom stereocenters. The van der Waals surface area contributed by atoms with E-state index in [-0.39, 0.29) is 18.3 Å². The highest BCUT2D eigenvalue weighted by Gasteiger charge is 2.50. The molecule has 0 spiro atoms. The second kappa shape index (κ2) is 15.5. The van der Waals surface area contributed by atoms with Gasteiger partial charge in [-0.05, 0) is 12.2 Å². The van der Waals surface area contributed by atoms with E-state index in [1.165, 1.54) is 27.8 Å². The normalized spacial score (nSPS) is 33.9. The van der Waals surface area contributed by atoms with Gasteiger partial charge in [-0.25, -0.2) is 13.9 Å². The Hall–Kier alpha value is -1.09. The maximum Gasteiger partial charge on any atom is 0.483 e. The first kappa shape index (κ1) is 36.4. The zero-order valence-electron chi connectivity index (χ0n) is 23.2. The maximum atomic E-state index is 12.7. The van der Waals surface area contributed by atoms with Gasteiger partial charge in [-0.3, -0.25) is 28.2 Å². The number of hydrogen-bond acceptors (Lipinski definition) is 15. The molecule has 7 unspecified atom stereocenters. The summed E-state index contributed by atoms with van der Waals surface area (Å²) in [6, 6.07) is -0.519. The van der Waals surface area contributed by atoms with Crippen LogP contribution in [0.4, 0.5) is 0 Å². The van der Waals surface area contributed by atoms with Crippen molar-refractivity contribution < 1.29 is 61.9 Å². The molecule has 2 aliphatic rings. The Morgan fingerprint density at radius 2 is 1.81 bits per heavy atom. The first-order valence-electron chi connectivity index (χ1n) is 12.8. The molecule has 2 fully saturated rings. The predicted molar refractivity (Wildman–Crippen MR) is 152 cm³/mol. The molecule has 18 nitrogen and oxygen atoms in total. The minimum absolute atomic E-state index is 0.0358. The number of phosphoric ester groups is 2. The Kier molecular flexibility index (Phi) is 13.1. The van der Waals surface area contributed by atoms with E-state index in [4.69, 9.17) is 18.5 Å². The van der Waals surface area contributed by atoms with Gasteiger partial charge in [0.15, 0.2) is 6.29 Å². The van der Waals surface area contributed by atoms with Gasteiger partial charge in [0.2, 0.25) is 5.91 Å². The highest BCUT2D eigenvalue weighted by atomic mass is 33.1. The van der Waals surface area contributed by atoms with Crippen LogP contribution in [0.3, 0.4) is 0 Å². The van der Waals surface area contributed by atoms with Crippen LogP contribution in [0.25, 0.3) is 0 Å². The van der Waals surface area contributed by atoms with Crippen molar-refractivity contribution >= 4 is 43.1 Å². The largest absolute Gasteiger partial charge is 0.483 e. The molecule has 0 saturated carbocycles. The van der Waals surface area contributed by atoms with Crippen molar-refractivity contribution in [2.45, 2.75) is 63.2 Å². The molecule has 0 aromatic carbocycles. The van der Waals surface area contributed by atoms with E-state index in [0.717, 1.165) is 10.6 Å². The molecule has 1 aromatic rings. The molecule has 3 heterocycles. The highest BCUT2D eigenvalue weighted by molar-refractivity contribution is 8.76. The quantitative estimate of drug-likeness (QED) is 0.0719. The van der Waals surface area contributed by atoms with Gasteiger partial charge >= 0.3 is 21.3 Å². The third-order valence-corrected chi connectivity index (χ3v) is 11.3. The van der Waals surface area contributed by atoms with Crippen LogP contribution < -0.4 is 16.6 Å². The summed E-state index contributed by atoms with van der Waals surface area (Å²) in [7, 11) is -8.12. The summed E-state index contributed by atoms with van der Waals surface area (Å²) in [5.74, 6) is -0.955. The first-order valence-corrected chi connectivity index (χ1v) is 18.5. The van der Waals surface area contributed by atoms with Crippen molar-refractivity contribution in [3.05, 3.63) is 33.1 Å². The molecule has 7 N–H and O–H groups in total. The lowest BCUT2D eigenvalue weighted by atomic mass is 9.93. The van der Waals surface area contributed by atoms with Crippen molar-refractivity contribution in [3.63, 3.8) is 0 Å². The van der Waals surface area contributed by atoms with Gasteiger partial charge < -0.3 is 39.9 Å². The number of amides is 1. The maximum absolute atomic E-state index is 12.7. The van der Waals surface area contributed by atoms with Crippen molar-refractivity contribution in [2.24, 2.45) is 11.8 Å². The van der Waals surface area contributed by atoms with E-state index in [2.05, 4.69) is 14.6 Å². The fourth-order valence-corrected chi connectivity index (χ4v) is 7.79. The number of aromatic amines is 1. The summed E-state index contributed by atoms with van der Waals surface area (Å²) in [5, 5.41) is 32.5. The first-order chi connectivity index (χ1) is 20.1. The van der Waals surface area contributed by atoms with Crippen molar-refractivity contribution in [3.8, 4) is 0 Å². The average molecular weight is 696 g/mol. The number of nitrogens with zero attached hydrogens (tertiary/aromatic N) is 1. The van der Waals surface area contributed by atoms with Gasteiger partial charge in [0.25, 0.3) is 5.56 Å². The number of aliphatic hydroxyl groups is 3. The number of H-pyrrole nitrogens is 1. The lowest BCUT2D eigenvalue weighted by Gasteiger charge is -2.42. The number of carbonyl (C=O) groups is 1. The average Bonchev–Trinajstić information content (AvgIpc) is 3.19. The second-order valence-electron chi connectivity index (χ2n) is 9.76. The summed E-state index contributed by atoms with van der Waals surface area (Å²) >= 11 is 0. The van der Waals surface area contributed by atoms with Crippen LogP contribution in [0.1, 0.15) is 26.5 Å². The molecule has 0 radical (unpaired) electrons. The molecule has 246 valence electrons. The van der Waals surface area contributed by atoms with E-state index in [1.807, 2.05) is 0 Å². The van der Waals surface area contributed by atoms with E-state index in [9.17, 15) is 48.6 Å². The molecule has 43 heavy (non-hydrogen) atoms. The number of nitrogens with one attached hydrogen (secondary N) is 2. The van der Waals surface area contributed by atoms with E-state index >= 15 is 0 Å². The summed E-state index contributed by atoms with van der Waals surface area (Å²) in [6.45, 7) is 1.97. The van der Waals surface area contributed by atoms with Crippen molar-refractivity contribution in [1.29, 1.82) is 0 Å². The lowest BCUT2D eigenvalue weighted by molar-refractivity contribution is -0.248. The molecule has 2 saturated heterocycles. The number of ether oxygens (including phenoxy) is 2. The summed E-state index contributed by atoms with van der Waals surface area (Å²) in [5.41, 5.74) is -1.34. The number of hydrogen-bond donors (Lipinski definition) is 7. The smallest absolute Gasteiger partial charge is 0.394 e. The molecular weight excluding hydrogens is 660 g/mol. The van der Waals surface area contributed by atoms with Crippen LogP contribution >= 0.6 is 37.2 Å². The van der Waals surface area contributed by atoms with Crippen LogP contribution in [-0.4, -0.2) is 103 Å². The zero-order chi connectivity index (χ0) is 32.1. The highest BCUT2D eigenvalue weighted by Crippen LogP contribution is 2.61. The number of phosphoric acid groups is 2. The topological polar surface area (TPSA) is 265 Å². The number of rotatable bonds is 14. The molecule has 0 bridgehead atoms. The molecule has 1 aromatic heterocycles. The summed E-state index contributed by atoms with van der Waals surface area (Å²) in [6.07, 6.45) is -5.85. The SMILES string of the molecule is CSSCCC(=O)NC1C(OP(=O)(O)OP(=O)(O)OC[C@H]2O[C@@H](n3ccc(=O)[nH]c3=O)[C@@H](C)[C@H]2C)OC(CO)C(O)C1O. The fraction of sp³-hybridized carbons (Fsp3) is 0.762. The van der Waals surface area contributed by atoms with Gasteiger partial charge in [0.05, 0.1) is 19.3 Å². The molecule has 1 amide bonds. The van der Waals surface area contributed by atoms with Crippen molar-refractivity contribution in [1.82, 2.24) is 14.9 Å². The summed E-state index contributed by atoms with van der Waals surface area (Å²) in [4.78, 5) is 58.4. The van der Waals surface area contributed by atoms with Crippen LogP contribution in [-0.2, 0) is 36.8 Å². The molecule has 22 heteroatoms. The number of aromatic nitrogens is 2. The molecule has 3 rings (SSSR count). The van der Waals surface area contributed by atoms with E-state index in [0.29, 0.717) is 5.75 Å². The fourth-order valence-electron chi connectivity index (χ4n) is 4.44. The van der Waals surface area contributed by atoms with Crippen molar-refractivity contribution in [2.75, 3.05) is 25.2 Å². The number of carbonyl (C=O) groups excluding carboxylic acids is 1. The van der Waals surface area contributed by atoms with Crippen LogP contribution in [0.2, 0.25) is 0 Å². The van der Waals surface area contributed by atoms with E-state index in [1.54, 1.807) is 20.1 Å². The molecule has 0 aliphatic carbocycles. The Morgan fingerprint density at radius 3 is 2.44 bits per heavy atom. The second-order valence-corrected chi connectivity index (χ2v) is 15.4. The zero-order valence-corrected chi connectivity index (χ0v) is 26.6. The van der Waals surface area contributed by atoms with Crippen LogP contribution in [0, 0.1) is 11.8 Å². The van der Waals surface area contributed by atoms with Gasteiger partial charge in [0.1, 0.15) is 30.6 Å². The lowest BCUT2D eigenvalue weighted by Crippen LogP contribution is -2.64. The van der Waals surface area contributed by atoms with Gasteiger partial charge in [-0.2, -0.15) is 4.31 Å². The standard InChI is InChI=1S/C21H35N3O15P2S2/c1-10-11(2)19(24-6-4-14(26)23-21(24)30)36-13(10)9-35-40(31,32)39-41(33,34)38-20-16(22-15(27)5-7-43-42-3)18(29)17(28)12(8-25)37-20/h4,6,10-13,16-20,25,28-29H,5,7-9H2,1-3H3,(H,22,27)(H,31,32)(H,33,34)(H,23,26,30)/t10-,11+,12?,13-,16?,17?,18?,19-,20?/m1/s1. The minimum atomic E-state index is -5.55. The Morgan fingerprint density at radius 1 is 1.12 bits per heavy atom. The monoisotopic (exact) mass is 695 g/mol. The predicted octanol–water partition coefficient (Wildman–Crippen LogP) is -0.718. The molecule has 2 aliphatic heterocycles. The number of aliphatic hydroxyl groups excluding tert-OH is 3. The van der Waals surface area contributed by atoms with Crippen LogP contribution in [0.5, 0.6) is 0 Å². The third-order valence-electron chi connectivity index (χ3n) is 6.89. The van der Waals surface area contributed by atoms with E-state index < -0.39 is 89.0 Å². The van der Waals surface area contributed by atoms with Crippen LogP contribution in [0.15, 0.2) is 21.9 Å². The minimum Gasteiger partial charge on any atom is -0.394 e. The van der Waals surface area contributed by atoms with Gasteiger partial charge in [-0.15, -0.1) is 0 Å². The van der Waals surface area contributed by atoms with Gasteiger partial charge in [-0.1, -0.05) is 35.4 Å². The Labute approximate surface area is 253 Å².